The van der Waals surface area contributed by atoms with E-state index in [1.54, 1.807) is 18.2 Å². The second-order valence-electron chi connectivity index (χ2n) is 3.92. The van der Waals surface area contributed by atoms with E-state index < -0.39 is 0 Å². The first-order valence-corrected chi connectivity index (χ1v) is 5.75. The molecule has 0 aromatic heterocycles. The van der Waals surface area contributed by atoms with Crippen LogP contribution in [0.2, 0.25) is 0 Å². The summed E-state index contributed by atoms with van der Waals surface area (Å²) in [6, 6.07) is 11.5. The van der Waals surface area contributed by atoms with Gasteiger partial charge in [0.15, 0.2) is 0 Å². The van der Waals surface area contributed by atoms with Crippen LogP contribution in [0, 0.1) is 5.82 Å². The summed E-state index contributed by atoms with van der Waals surface area (Å²) in [7, 11) is 1.54. The Morgan fingerprint density at radius 2 is 2.05 bits per heavy atom. The third-order valence-corrected chi connectivity index (χ3v) is 2.64. The van der Waals surface area contributed by atoms with Crippen molar-refractivity contribution >= 4 is 5.69 Å². The summed E-state index contributed by atoms with van der Waals surface area (Å²) in [4.78, 5) is 0. The molecule has 0 aliphatic heterocycles. The number of hydrogen-bond donors (Lipinski definition) is 2. The van der Waals surface area contributed by atoms with Gasteiger partial charge >= 0.3 is 0 Å². The Morgan fingerprint density at radius 3 is 2.79 bits per heavy atom. The monoisotopic (exact) mass is 262 g/mol. The first-order valence-electron chi connectivity index (χ1n) is 5.75. The standard InChI is InChI=1S/C14H15FN2O2/c1-18-14-6-5-11(15)7-10(14)9-19-13-4-2-3-12(8-13)17-16/h2-8,17H,9,16H2,1H3. The minimum absolute atomic E-state index is 0.217. The minimum Gasteiger partial charge on any atom is -0.496 e. The Labute approximate surface area is 110 Å². The molecule has 0 radical (unpaired) electrons. The number of nitrogens with two attached hydrogens (primary N) is 1. The lowest BCUT2D eigenvalue weighted by Crippen LogP contribution is -2.06. The fraction of sp³-hybridized carbons (Fsp3) is 0.143. The van der Waals surface area contributed by atoms with Crippen molar-refractivity contribution in [2.45, 2.75) is 6.61 Å². The Hall–Kier alpha value is -2.27. The maximum atomic E-state index is 13.2. The number of hydrazine groups is 1. The Balaban J connectivity index is 2.11. The molecular weight excluding hydrogens is 247 g/mol. The molecule has 0 atom stereocenters. The summed E-state index contributed by atoms with van der Waals surface area (Å²) in [5, 5.41) is 0. The van der Waals surface area contributed by atoms with Crippen LogP contribution in [0.25, 0.3) is 0 Å². The summed E-state index contributed by atoms with van der Waals surface area (Å²) in [5.74, 6) is 6.23. The lowest BCUT2D eigenvalue weighted by atomic mass is 10.2. The number of ether oxygens (including phenoxy) is 2. The van der Waals surface area contributed by atoms with E-state index in [4.69, 9.17) is 15.3 Å². The number of anilines is 1. The highest BCUT2D eigenvalue weighted by Crippen LogP contribution is 2.23. The SMILES string of the molecule is COc1ccc(F)cc1COc1cccc(NN)c1. The van der Waals surface area contributed by atoms with E-state index in [1.807, 2.05) is 12.1 Å². The van der Waals surface area contributed by atoms with Crippen LogP contribution in [0.3, 0.4) is 0 Å². The average Bonchev–Trinajstić information content (AvgIpc) is 2.45. The predicted octanol–water partition coefficient (Wildman–Crippen LogP) is 2.70. The van der Waals surface area contributed by atoms with Gasteiger partial charge in [-0.1, -0.05) is 6.07 Å². The van der Waals surface area contributed by atoms with Crippen molar-refractivity contribution in [1.29, 1.82) is 0 Å². The molecule has 0 spiro atoms. The van der Waals surface area contributed by atoms with Crippen LogP contribution in [0.4, 0.5) is 10.1 Å². The van der Waals surface area contributed by atoms with E-state index in [0.717, 1.165) is 5.69 Å². The van der Waals surface area contributed by atoms with Crippen molar-refractivity contribution in [2.75, 3.05) is 12.5 Å². The van der Waals surface area contributed by atoms with Gasteiger partial charge in [0.1, 0.15) is 23.9 Å². The molecule has 19 heavy (non-hydrogen) atoms. The molecular formula is C14H15FN2O2. The summed E-state index contributed by atoms with van der Waals surface area (Å²) >= 11 is 0. The lowest BCUT2D eigenvalue weighted by Gasteiger charge is -2.11. The Kier molecular flexibility index (Phi) is 4.20. The van der Waals surface area contributed by atoms with Gasteiger partial charge in [0.2, 0.25) is 0 Å². The van der Waals surface area contributed by atoms with Crippen molar-refractivity contribution in [3.05, 3.63) is 53.8 Å². The molecule has 0 heterocycles. The molecule has 0 unspecified atom stereocenters. The first-order chi connectivity index (χ1) is 9.22. The summed E-state index contributed by atoms with van der Waals surface area (Å²) in [6.07, 6.45) is 0. The van der Waals surface area contributed by atoms with Crippen LogP contribution >= 0.6 is 0 Å². The number of halogens is 1. The average molecular weight is 262 g/mol. The summed E-state index contributed by atoms with van der Waals surface area (Å²) in [5.41, 5.74) is 3.92. The van der Waals surface area contributed by atoms with Gasteiger partial charge < -0.3 is 14.9 Å². The molecule has 2 rings (SSSR count). The van der Waals surface area contributed by atoms with Gasteiger partial charge in [0.25, 0.3) is 0 Å². The number of methoxy groups -OCH3 is 1. The maximum absolute atomic E-state index is 13.2. The molecule has 0 saturated heterocycles. The normalized spacial score (nSPS) is 10.1. The molecule has 0 aliphatic rings. The zero-order chi connectivity index (χ0) is 13.7. The number of rotatable bonds is 5. The molecule has 0 amide bonds. The molecule has 0 bridgehead atoms. The minimum atomic E-state index is -0.322. The smallest absolute Gasteiger partial charge is 0.125 e. The van der Waals surface area contributed by atoms with E-state index in [9.17, 15) is 4.39 Å². The summed E-state index contributed by atoms with van der Waals surface area (Å²) in [6.45, 7) is 0.217. The summed E-state index contributed by atoms with van der Waals surface area (Å²) < 4.78 is 23.9. The van der Waals surface area contributed by atoms with Crippen LogP contribution in [0.1, 0.15) is 5.56 Å². The highest BCUT2D eigenvalue weighted by Gasteiger charge is 2.06. The maximum Gasteiger partial charge on any atom is 0.125 e. The molecule has 2 aromatic rings. The lowest BCUT2D eigenvalue weighted by molar-refractivity contribution is 0.296. The van der Waals surface area contributed by atoms with Crippen molar-refractivity contribution < 1.29 is 13.9 Å². The highest BCUT2D eigenvalue weighted by atomic mass is 19.1. The van der Waals surface area contributed by atoms with Gasteiger partial charge in [0.05, 0.1) is 12.8 Å². The van der Waals surface area contributed by atoms with E-state index in [2.05, 4.69) is 5.43 Å². The third-order valence-electron chi connectivity index (χ3n) is 2.64. The number of nitrogens with one attached hydrogen (secondary N) is 1. The fourth-order valence-corrected chi connectivity index (χ4v) is 1.70. The van der Waals surface area contributed by atoms with Gasteiger partial charge in [-0.05, 0) is 30.3 Å². The number of benzene rings is 2. The molecule has 0 aliphatic carbocycles. The van der Waals surface area contributed by atoms with Crippen LogP contribution in [-0.4, -0.2) is 7.11 Å². The molecule has 0 fully saturated rings. The molecule has 100 valence electrons. The Bertz CT molecular complexity index is 561. The van der Waals surface area contributed by atoms with Gasteiger partial charge in [-0.3, -0.25) is 5.84 Å². The second kappa shape index (κ2) is 6.06. The van der Waals surface area contributed by atoms with Crippen LogP contribution in [-0.2, 0) is 6.61 Å². The predicted molar refractivity (Wildman–Crippen MR) is 71.5 cm³/mol. The molecule has 3 N–H and O–H groups in total. The fourth-order valence-electron chi connectivity index (χ4n) is 1.70. The van der Waals surface area contributed by atoms with Crippen LogP contribution < -0.4 is 20.7 Å². The van der Waals surface area contributed by atoms with Crippen LogP contribution in [0.5, 0.6) is 11.5 Å². The van der Waals surface area contributed by atoms with Gasteiger partial charge in [0, 0.05) is 11.6 Å². The van der Waals surface area contributed by atoms with Crippen LogP contribution in [0.15, 0.2) is 42.5 Å². The van der Waals surface area contributed by atoms with E-state index in [-0.39, 0.29) is 12.4 Å². The number of nitrogen functional groups attached to an aromatic ring is 1. The van der Waals surface area contributed by atoms with Gasteiger partial charge in [-0.2, -0.15) is 0 Å². The largest absolute Gasteiger partial charge is 0.496 e. The number of hydrogen-bond acceptors (Lipinski definition) is 4. The van der Waals surface area contributed by atoms with Crippen molar-refractivity contribution in [3.63, 3.8) is 0 Å². The van der Waals surface area contributed by atoms with E-state index in [0.29, 0.717) is 17.1 Å². The van der Waals surface area contributed by atoms with Crippen molar-refractivity contribution in [2.24, 2.45) is 5.84 Å². The molecule has 2 aromatic carbocycles. The molecule has 5 heteroatoms. The molecule has 0 saturated carbocycles. The van der Waals surface area contributed by atoms with Crippen molar-refractivity contribution in [1.82, 2.24) is 0 Å². The Morgan fingerprint density at radius 1 is 1.21 bits per heavy atom. The highest BCUT2D eigenvalue weighted by molar-refractivity contribution is 5.47. The van der Waals surface area contributed by atoms with E-state index in [1.165, 1.54) is 19.2 Å². The second-order valence-corrected chi connectivity index (χ2v) is 3.92. The van der Waals surface area contributed by atoms with E-state index >= 15 is 0 Å². The van der Waals surface area contributed by atoms with Gasteiger partial charge in [-0.15, -0.1) is 0 Å². The van der Waals surface area contributed by atoms with Gasteiger partial charge in [-0.25, -0.2) is 4.39 Å². The first kappa shape index (κ1) is 13.2. The quantitative estimate of drug-likeness (QED) is 0.642. The van der Waals surface area contributed by atoms with Crippen molar-refractivity contribution in [3.8, 4) is 11.5 Å². The third kappa shape index (κ3) is 3.35. The molecule has 4 nitrogen and oxygen atoms in total. The topological polar surface area (TPSA) is 56.5 Å². The zero-order valence-electron chi connectivity index (χ0n) is 10.5. The zero-order valence-corrected chi connectivity index (χ0v) is 10.5.